The van der Waals surface area contributed by atoms with Crippen molar-refractivity contribution in [2.75, 3.05) is 13.2 Å². The van der Waals surface area contributed by atoms with Gasteiger partial charge in [-0.05, 0) is 78.9 Å². The molecule has 2 aromatic carbocycles. The molecule has 3 heteroatoms. The van der Waals surface area contributed by atoms with Gasteiger partial charge in [-0.3, -0.25) is 4.79 Å². The molecule has 3 nitrogen and oxygen atoms in total. The Balaban J connectivity index is 1.26. The molecule has 0 aliphatic heterocycles. The van der Waals surface area contributed by atoms with E-state index in [1.807, 2.05) is 30.3 Å². The molecule has 0 unspecified atom stereocenters. The first-order chi connectivity index (χ1) is 13.6. The number of hydrogen-bond donors (Lipinski definition) is 1. The molecule has 0 aromatic heterocycles. The Bertz CT molecular complexity index is 818. The fraction of sp³-hybridized carbons (Fsp3) is 0.480. The molecule has 146 valence electrons. The summed E-state index contributed by atoms with van der Waals surface area (Å²) in [6, 6.07) is 20.7. The molecule has 2 atom stereocenters. The number of carbonyl (C=O) groups excluding carboxylic acids is 1. The maximum absolute atomic E-state index is 12.4. The fourth-order valence-electron chi connectivity index (χ4n) is 6.79. The van der Waals surface area contributed by atoms with E-state index in [-0.39, 0.29) is 17.9 Å². The minimum Gasteiger partial charge on any atom is -0.484 e. The largest absolute Gasteiger partial charge is 0.484 e. The molecule has 4 bridgehead atoms. The average Bonchev–Trinajstić information content (AvgIpc) is 2.71. The molecule has 1 amide bonds. The average molecular weight is 376 g/mol. The van der Waals surface area contributed by atoms with Crippen molar-refractivity contribution < 1.29 is 9.53 Å². The molecule has 6 rings (SSSR count). The van der Waals surface area contributed by atoms with Gasteiger partial charge < -0.3 is 10.1 Å². The van der Waals surface area contributed by atoms with Gasteiger partial charge in [0.25, 0.3) is 5.91 Å². The van der Waals surface area contributed by atoms with Crippen LogP contribution in [0.15, 0.2) is 60.7 Å². The van der Waals surface area contributed by atoms with Crippen LogP contribution in [-0.2, 0) is 10.2 Å². The summed E-state index contributed by atoms with van der Waals surface area (Å²) in [5, 5.41) is 3.21. The number of nitrogens with one attached hydrogen (secondary N) is 1. The third-order valence-electron chi connectivity index (χ3n) is 7.34. The minimum atomic E-state index is -0.00615. The Morgan fingerprint density at radius 3 is 2.25 bits per heavy atom. The molecule has 2 aromatic rings. The van der Waals surface area contributed by atoms with Gasteiger partial charge >= 0.3 is 0 Å². The van der Waals surface area contributed by atoms with Gasteiger partial charge in [0.15, 0.2) is 6.61 Å². The number of carbonyl (C=O) groups is 1. The molecule has 0 spiro atoms. The second kappa shape index (κ2) is 6.95. The first-order valence-electron chi connectivity index (χ1n) is 10.6. The van der Waals surface area contributed by atoms with Crippen LogP contribution in [0, 0.1) is 17.3 Å². The summed E-state index contributed by atoms with van der Waals surface area (Å²) >= 11 is 0. The fourth-order valence-corrected chi connectivity index (χ4v) is 6.79. The van der Waals surface area contributed by atoms with Crippen LogP contribution in [0.3, 0.4) is 0 Å². The highest BCUT2D eigenvalue weighted by atomic mass is 16.5. The Kier molecular flexibility index (Phi) is 4.41. The number of para-hydroxylation sites is 1. The summed E-state index contributed by atoms with van der Waals surface area (Å²) in [7, 11) is 0. The van der Waals surface area contributed by atoms with Gasteiger partial charge in [-0.1, -0.05) is 48.5 Å². The zero-order chi connectivity index (χ0) is 19.0. The van der Waals surface area contributed by atoms with Crippen LogP contribution < -0.4 is 10.1 Å². The van der Waals surface area contributed by atoms with Crippen LogP contribution in [0.5, 0.6) is 5.75 Å². The van der Waals surface area contributed by atoms with E-state index in [1.54, 1.807) is 0 Å². The van der Waals surface area contributed by atoms with Crippen molar-refractivity contribution >= 4 is 5.91 Å². The van der Waals surface area contributed by atoms with Crippen molar-refractivity contribution in [1.82, 2.24) is 5.32 Å². The summed E-state index contributed by atoms with van der Waals surface area (Å²) in [6.45, 7) is 0.891. The van der Waals surface area contributed by atoms with E-state index in [0.717, 1.165) is 24.1 Å². The van der Waals surface area contributed by atoms with E-state index in [0.29, 0.717) is 5.41 Å². The Labute approximate surface area is 167 Å². The first-order valence-corrected chi connectivity index (χ1v) is 10.6. The number of rotatable bonds is 6. The van der Waals surface area contributed by atoms with Crippen molar-refractivity contribution in [1.29, 1.82) is 0 Å². The minimum absolute atomic E-state index is 0.00615. The second-order valence-corrected chi connectivity index (χ2v) is 9.49. The third-order valence-corrected chi connectivity index (χ3v) is 7.34. The van der Waals surface area contributed by atoms with Gasteiger partial charge in [0, 0.05) is 6.54 Å². The van der Waals surface area contributed by atoms with Gasteiger partial charge in [0.05, 0.1) is 0 Å². The molecular formula is C25H29NO2. The lowest BCUT2D eigenvalue weighted by atomic mass is 9.43. The van der Waals surface area contributed by atoms with Crippen molar-refractivity contribution in [2.45, 2.75) is 43.9 Å². The van der Waals surface area contributed by atoms with E-state index < -0.39 is 0 Å². The lowest BCUT2D eigenvalue weighted by Gasteiger charge is -2.62. The maximum atomic E-state index is 12.4. The van der Waals surface area contributed by atoms with Crippen LogP contribution >= 0.6 is 0 Å². The zero-order valence-corrected chi connectivity index (χ0v) is 16.4. The van der Waals surface area contributed by atoms with Gasteiger partial charge in [0.2, 0.25) is 0 Å². The highest BCUT2D eigenvalue weighted by Crippen LogP contribution is 2.65. The molecule has 4 aliphatic rings. The molecule has 4 saturated carbocycles. The monoisotopic (exact) mass is 375 g/mol. The van der Waals surface area contributed by atoms with Gasteiger partial charge in [-0.15, -0.1) is 0 Å². The third kappa shape index (κ3) is 3.32. The summed E-state index contributed by atoms with van der Waals surface area (Å²) < 4.78 is 5.62. The molecule has 0 radical (unpaired) electrons. The topological polar surface area (TPSA) is 38.3 Å². The van der Waals surface area contributed by atoms with Gasteiger partial charge in [0.1, 0.15) is 5.75 Å². The summed E-state index contributed by atoms with van der Waals surface area (Å²) in [6.07, 6.45) is 7.83. The number of amides is 1. The van der Waals surface area contributed by atoms with Gasteiger partial charge in [-0.25, -0.2) is 0 Å². The lowest BCUT2D eigenvalue weighted by Crippen LogP contribution is -2.57. The first kappa shape index (κ1) is 17.8. The molecular weight excluding hydrogens is 346 g/mol. The summed E-state index contributed by atoms with van der Waals surface area (Å²) in [5.41, 5.74) is 2.12. The van der Waals surface area contributed by atoms with Crippen molar-refractivity contribution in [3.05, 3.63) is 66.2 Å². The summed E-state index contributed by atoms with van der Waals surface area (Å²) in [5.74, 6) is 2.38. The zero-order valence-electron chi connectivity index (χ0n) is 16.4. The van der Waals surface area contributed by atoms with Crippen molar-refractivity contribution in [3.63, 3.8) is 0 Å². The lowest BCUT2D eigenvalue weighted by molar-refractivity contribution is -0.125. The number of hydrogen-bond acceptors (Lipinski definition) is 2. The molecule has 4 fully saturated rings. The smallest absolute Gasteiger partial charge is 0.257 e. The van der Waals surface area contributed by atoms with Gasteiger partial charge in [-0.2, -0.15) is 0 Å². The quantitative estimate of drug-likeness (QED) is 0.793. The normalized spacial score (nSPS) is 32.9. The molecule has 4 aliphatic carbocycles. The van der Waals surface area contributed by atoms with E-state index in [4.69, 9.17) is 4.74 Å². The maximum Gasteiger partial charge on any atom is 0.257 e. The standard InChI is InChI=1S/C25H29NO2/c27-23(16-28-22-9-5-2-6-10-22)26-18-24-12-19-11-20(13-24)15-25(14-19,17-24)21-7-3-1-4-8-21/h1-10,19-20H,11-18H2,(H,26,27)/t19-,20-,24?,25?/m1/s1. The van der Waals surface area contributed by atoms with E-state index >= 15 is 0 Å². The van der Waals surface area contributed by atoms with E-state index in [1.165, 1.54) is 44.1 Å². The number of ether oxygens (including phenoxy) is 1. The Morgan fingerprint density at radius 1 is 0.929 bits per heavy atom. The highest BCUT2D eigenvalue weighted by Gasteiger charge is 2.57. The van der Waals surface area contributed by atoms with Crippen LogP contribution in [0.1, 0.15) is 44.1 Å². The molecule has 28 heavy (non-hydrogen) atoms. The molecule has 0 saturated heterocycles. The highest BCUT2D eigenvalue weighted by molar-refractivity contribution is 5.77. The SMILES string of the molecule is O=C(COc1ccccc1)NCC12C[C@H]3C[C@H](C1)CC(c1ccccc1)(C3)C2. The molecule has 1 N–H and O–H groups in total. The predicted octanol–water partition coefficient (Wildman–Crippen LogP) is 4.72. The number of benzene rings is 2. The van der Waals surface area contributed by atoms with E-state index in [9.17, 15) is 4.79 Å². The van der Waals surface area contributed by atoms with Crippen LogP contribution in [0.4, 0.5) is 0 Å². The summed E-state index contributed by atoms with van der Waals surface area (Å²) in [4.78, 5) is 12.4. The Morgan fingerprint density at radius 2 is 1.57 bits per heavy atom. The Hall–Kier alpha value is -2.29. The van der Waals surface area contributed by atoms with E-state index in [2.05, 4.69) is 35.6 Å². The van der Waals surface area contributed by atoms with Crippen LogP contribution in [0.2, 0.25) is 0 Å². The van der Waals surface area contributed by atoms with Crippen LogP contribution in [0.25, 0.3) is 0 Å². The van der Waals surface area contributed by atoms with Crippen molar-refractivity contribution in [2.24, 2.45) is 17.3 Å². The predicted molar refractivity (Wildman–Crippen MR) is 110 cm³/mol. The van der Waals surface area contributed by atoms with Crippen LogP contribution in [-0.4, -0.2) is 19.1 Å². The second-order valence-electron chi connectivity index (χ2n) is 9.49. The molecule has 0 heterocycles. The van der Waals surface area contributed by atoms with Crippen molar-refractivity contribution in [3.8, 4) is 5.75 Å².